The summed E-state index contributed by atoms with van der Waals surface area (Å²) < 4.78 is 25.1. The van der Waals surface area contributed by atoms with Gasteiger partial charge in [-0.3, -0.25) is 9.97 Å². The summed E-state index contributed by atoms with van der Waals surface area (Å²) in [5.41, 5.74) is 1.37. The lowest BCUT2D eigenvalue weighted by Crippen LogP contribution is -2.24. The van der Waals surface area contributed by atoms with Gasteiger partial charge in [0.15, 0.2) is 0 Å². The van der Waals surface area contributed by atoms with Gasteiger partial charge in [0.1, 0.15) is 10.7 Å². The van der Waals surface area contributed by atoms with Gasteiger partial charge in [0.2, 0.25) is 10.0 Å². The fourth-order valence-electron chi connectivity index (χ4n) is 1.20. The number of nitrogens with one attached hydrogen (secondary N) is 1. The highest BCUT2D eigenvalue weighted by Gasteiger charge is 2.09. The molecule has 0 unspecified atom stereocenters. The molecule has 2 aromatic heterocycles. The number of hydrogen-bond donors (Lipinski definition) is 1. The highest BCUT2D eigenvalue weighted by atomic mass is 32.2. The Morgan fingerprint density at radius 1 is 1.39 bits per heavy atom. The van der Waals surface area contributed by atoms with E-state index in [2.05, 4.69) is 19.7 Å². The highest BCUT2D eigenvalue weighted by molar-refractivity contribution is 7.89. The number of hydrogen-bond acceptors (Lipinski definition) is 6. The van der Waals surface area contributed by atoms with Gasteiger partial charge in [-0.2, -0.15) is 0 Å². The molecule has 0 fully saturated rings. The molecular weight excluding hydrogens is 272 g/mol. The lowest BCUT2D eigenvalue weighted by atomic mass is 10.4. The van der Waals surface area contributed by atoms with Gasteiger partial charge in [-0.15, -0.1) is 11.3 Å². The van der Waals surface area contributed by atoms with Gasteiger partial charge in [0.25, 0.3) is 0 Å². The van der Waals surface area contributed by atoms with E-state index in [0.717, 1.165) is 5.01 Å². The summed E-state index contributed by atoms with van der Waals surface area (Å²) in [6.45, 7) is 1.79. The fourth-order valence-corrected chi connectivity index (χ4v) is 2.55. The Balaban J connectivity index is 2.08. The standard InChI is InChI=1S/C10H12N4O2S2/c1-2-18(15,16)13-5-8-7-17-10(14-8)9-6-11-3-4-12-9/h3-4,6-7,13H,2,5H2,1H3. The molecule has 2 rings (SSSR count). The molecule has 0 saturated heterocycles. The van der Waals surface area contributed by atoms with Crippen molar-refractivity contribution in [3.8, 4) is 10.7 Å². The first-order valence-electron chi connectivity index (χ1n) is 5.29. The van der Waals surface area contributed by atoms with Crippen molar-refractivity contribution >= 4 is 21.4 Å². The molecule has 0 saturated carbocycles. The molecule has 0 atom stereocenters. The monoisotopic (exact) mass is 284 g/mol. The minimum atomic E-state index is -3.19. The molecule has 96 valence electrons. The smallest absolute Gasteiger partial charge is 0.211 e. The minimum absolute atomic E-state index is 0.0636. The average Bonchev–Trinajstić information content (AvgIpc) is 2.86. The molecule has 8 heteroatoms. The van der Waals surface area contributed by atoms with Crippen LogP contribution in [0.1, 0.15) is 12.6 Å². The van der Waals surface area contributed by atoms with Crippen molar-refractivity contribution in [3.63, 3.8) is 0 Å². The van der Waals surface area contributed by atoms with E-state index in [1.807, 2.05) is 5.38 Å². The van der Waals surface area contributed by atoms with Gasteiger partial charge >= 0.3 is 0 Å². The zero-order valence-electron chi connectivity index (χ0n) is 9.70. The first-order valence-corrected chi connectivity index (χ1v) is 7.82. The van der Waals surface area contributed by atoms with Gasteiger partial charge < -0.3 is 0 Å². The van der Waals surface area contributed by atoms with E-state index in [1.54, 1.807) is 25.5 Å². The van der Waals surface area contributed by atoms with Crippen LogP contribution in [-0.4, -0.2) is 29.1 Å². The second-order valence-corrected chi connectivity index (χ2v) is 6.41. The molecule has 0 amide bonds. The molecule has 6 nitrogen and oxygen atoms in total. The highest BCUT2D eigenvalue weighted by Crippen LogP contribution is 2.20. The molecule has 2 heterocycles. The zero-order valence-corrected chi connectivity index (χ0v) is 11.3. The van der Waals surface area contributed by atoms with Crippen molar-refractivity contribution < 1.29 is 8.42 Å². The van der Waals surface area contributed by atoms with E-state index in [-0.39, 0.29) is 12.3 Å². The van der Waals surface area contributed by atoms with Gasteiger partial charge in [-0.05, 0) is 6.92 Å². The lowest BCUT2D eigenvalue weighted by Gasteiger charge is -2.00. The van der Waals surface area contributed by atoms with Gasteiger partial charge in [0, 0.05) is 17.8 Å². The molecule has 0 aliphatic rings. The maximum atomic E-state index is 11.3. The third-order valence-corrected chi connectivity index (χ3v) is 4.45. The van der Waals surface area contributed by atoms with Crippen LogP contribution in [0.5, 0.6) is 0 Å². The first-order chi connectivity index (χ1) is 8.61. The predicted octanol–water partition coefficient (Wildman–Crippen LogP) is 1.04. The van der Waals surface area contributed by atoms with E-state index >= 15 is 0 Å². The second-order valence-electron chi connectivity index (χ2n) is 3.46. The second kappa shape index (κ2) is 5.51. The third kappa shape index (κ3) is 3.31. The Morgan fingerprint density at radius 2 is 2.22 bits per heavy atom. The molecule has 0 aromatic carbocycles. The summed E-state index contributed by atoms with van der Waals surface area (Å²) in [5, 5.41) is 2.54. The molecular formula is C10H12N4O2S2. The minimum Gasteiger partial charge on any atom is -0.261 e. The Kier molecular flexibility index (Phi) is 4.00. The number of rotatable bonds is 5. The average molecular weight is 284 g/mol. The van der Waals surface area contributed by atoms with E-state index in [9.17, 15) is 8.42 Å². The lowest BCUT2D eigenvalue weighted by molar-refractivity contribution is 0.582. The van der Waals surface area contributed by atoms with Crippen LogP contribution in [0.3, 0.4) is 0 Å². The summed E-state index contributed by atoms with van der Waals surface area (Å²) in [6.07, 6.45) is 4.81. The number of thiazole rings is 1. The quantitative estimate of drug-likeness (QED) is 0.886. The predicted molar refractivity (Wildman–Crippen MR) is 69.4 cm³/mol. The molecule has 0 bridgehead atoms. The van der Waals surface area contributed by atoms with Crippen LogP contribution in [0.2, 0.25) is 0 Å². The summed E-state index contributed by atoms with van der Waals surface area (Å²) >= 11 is 1.41. The molecule has 0 aliphatic heterocycles. The third-order valence-electron chi connectivity index (χ3n) is 2.19. The molecule has 18 heavy (non-hydrogen) atoms. The van der Waals surface area contributed by atoms with Gasteiger partial charge in [-0.25, -0.2) is 18.1 Å². The SMILES string of the molecule is CCS(=O)(=O)NCc1csc(-c2cnccn2)n1. The normalized spacial score (nSPS) is 11.6. The van der Waals surface area contributed by atoms with E-state index in [0.29, 0.717) is 11.4 Å². The van der Waals surface area contributed by atoms with Gasteiger partial charge in [0.05, 0.1) is 24.2 Å². The largest absolute Gasteiger partial charge is 0.261 e. The van der Waals surface area contributed by atoms with Crippen LogP contribution < -0.4 is 4.72 Å². The van der Waals surface area contributed by atoms with Crippen molar-refractivity contribution in [2.24, 2.45) is 0 Å². The van der Waals surface area contributed by atoms with Crippen molar-refractivity contribution in [2.75, 3.05) is 5.75 Å². The zero-order chi connectivity index (χ0) is 13.0. The van der Waals surface area contributed by atoms with Crippen LogP contribution in [0.4, 0.5) is 0 Å². The van der Waals surface area contributed by atoms with E-state index in [1.165, 1.54) is 11.3 Å². The van der Waals surface area contributed by atoms with Crippen LogP contribution in [-0.2, 0) is 16.6 Å². The summed E-state index contributed by atoms with van der Waals surface area (Å²) in [7, 11) is -3.19. The molecule has 2 aromatic rings. The molecule has 1 N–H and O–H groups in total. The number of aromatic nitrogens is 3. The van der Waals surface area contributed by atoms with Crippen molar-refractivity contribution in [1.29, 1.82) is 0 Å². The van der Waals surface area contributed by atoms with Crippen molar-refractivity contribution in [1.82, 2.24) is 19.7 Å². The van der Waals surface area contributed by atoms with Crippen LogP contribution in [0.25, 0.3) is 10.7 Å². The fraction of sp³-hybridized carbons (Fsp3) is 0.300. The number of sulfonamides is 1. The topological polar surface area (TPSA) is 84.8 Å². The Bertz CT molecular complexity index is 610. The summed E-state index contributed by atoms with van der Waals surface area (Å²) in [6, 6.07) is 0. The first kappa shape index (κ1) is 13.1. The molecule has 0 spiro atoms. The molecule has 0 radical (unpaired) electrons. The van der Waals surface area contributed by atoms with E-state index < -0.39 is 10.0 Å². The number of nitrogens with zero attached hydrogens (tertiary/aromatic N) is 3. The van der Waals surface area contributed by atoms with Gasteiger partial charge in [-0.1, -0.05) is 0 Å². The van der Waals surface area contributed by atoms with Crippen LogP contribution >= 0.6 is 11.3 Å². The maximum absolute atomic E-state index is 11.3. The van der Waals surface area contributed by atoms with E-state index in [4.69, 9.17) is 0 Å². The van der Waals surface area contributed by atoms with Crippen LogP contribution in [0, 0.1) is 0 Å². The van der Waals surface area contributed by atoms with Crippen molar-refractivity contribution in [3.05, 3.63) is 29.7 Å². The summed E-state index contributed by atoms with van der Waals surface area (Å²) in [5.74, 6) is 0.0636. The Labute approximate surface area is 109 Å². The molecule has 0 aliphatic carbocycles. The Hall–Kier alpha value is -1.38. The van der Waals surface area contributed by atoms with Crippen LogP contribution in [0.15, 0.2) is 24.0 Å². The van der Waals surface area contributed by atoms with Crippen molar-refractivity contribution in [2.45, 2.75) is 13.5 Å². The summed E-state index contributed by atoms with van der Waals surface area (Å²) in [4.78, 5) is 12.4. The Morgan fingerprint density at radius 3 is 2.89 bits per heavy atom. The maximum Gasteiger partial charge on any atom is 0.211 e.